The molecule has 1 aliphatic rings. The highest BCUT2D eigenvalue weighted by atomic mass is 35.5. The summed E-state index contributed by atoms with van der Waals surface area (Å²) in [6.45, 7) is 3.49. The molecular weight excluding hydrogens is 304 g/mol. The molecule has 1 saturated heterocycles. The van der Waals surface area contributed by atoms with Gasteiger partial charge in [0.05, 0.1) is 4.34 Å². The average Bonchev–Trinajstić information content (AvgIpc) is 2.84. The van der Waals surface area contributed by atoms with Crippen LogP contribution in [-0.2, 0) is 10.0 Å². The highest BCUT2D eigenvalue weighted by Gasteiger charge is 2.23. The number of sulfonamides is 1. The second-order valence-corrected chi connectivity index (χ2v) is 8.77. The molecule has 108 valence electrons. The van der Waals surface area contributed by atoms with Gasteiger partial charge in [-0.05, 0) is 38.1 Å². The van der Waals surface area contributed by atoms with E-state index in [-0.39, 0.29) is 0 Å². The fourth-order valence-electron chi connectivity index (χ4n) is 2.18. The van der Waals surface area contributed by atoms with E-state index >= 15 is 0 Å². The van der Waals surface area contributed by atoms with Crippen LogP contribution in [0.4, 0.5) is 0 Å². The molecule has 0 N–H and O–H groups in total. The van der Waals surface area contributed by atoms with Gasteiger partial charge in [-0.3, -0.25) is 0 Å². The van der Waals surface area contributed by atoms with E-state index in [1.165, 1.54) is 23.6 Å². The predicted octanol–water partition coefficient (Wildman–Crippen LogP) is 2.51. The first-order valence-electron chi connectivity index (χ1n) is 6.44. The van der Waals surface area contributed by atoms with E-state index in [9.17, 15) is 8.42 Å². The third-order valence-corrected chi connectivity index (χ3v) is 6.95. The maximum Gasteiger partial charge on any atom is 0.252 e. The van der Waals surface area contributed by atoms with Gasteiger partial charge in [-0.2, -0.15) is 4.31 Å². The van der Waals surface area contributed by atoms with E-state index in [1.807, 2.05) is 0 Å². The Kier molecular flexibility index (Phi) is 5.25. The van der Waals surface area contributed by atoms with Crippen LogP contribution in [-0.4, -0.2) is 50.8 Å². The largest absolute Gasteiger partial charge is 0.302 e. The molecule has 1 fully saturated rings. The van der Waals surface area contributed by atoms with Crippen molar-refractivity contribution in [2.24, 2.45) is 0 Å². The fourth-order valence-corrected chi connectivity index (χ4v) is 5.03. The maximum absolute atomic E-state index is 12.3. The molecular formula is C12H19ClN2O2S2. The Morgan fingerprint density at radius 3 is 2.58 bits per heavy atom. The van der Waals surface area contributed by atoms with Crippen LogP contribution in [0.25, 0.3) is 0 Å². The van der Waals surface area contributed by atoms with Gasteiger partial charge in [0, 0.05) is 20.1 Å². The van der Waals surface area contributed by atoms with Gasteiger partial charge in [0.1, 0.15) is 4.21 Å². The summed E-state index contributed by atoms with van der Waals surface area (Å²) in [7, 11) is -1.75. The average molecular weight is 323 g/mol. The van der Waals surface area contributed by atoms with Crippen LogP contribution < -0.4 is 0 Å². The number of hydrogen-bond acceptors (Lipinski definition) is 4. The Balaban J connectivity index is 1.93. The smallest absolute Gasteiger partial charge is 0.252 e. The first-order chi connectivity index (χ1) is 9.00. The topological polar surface area (TPSA) is 40.6 Å². The van der Waals surface area contributed by atoms with Crippen LogP contribution >= 0.6 is 22.9 Å². The number of hydrogen-bond donors (Lipinski definition) is 0. The second-order valence-electron chi connectivity index (χ2n) is 4.79. The quantitative estimate of drug-likeness (QED) is 0.836. The van der Waals surface area contributed by atoms with Crippen molar-refractivity contribution in [1.82, 2.24) is 9.21 Å². The highest BCUT2D eigenvalue weighted by Crippen LogP contribution is 2.27. The fraction of sp³-hybridized carbons (Fsp3) is 0.667. The van der Waals surface area contributed by atoms with Crippen molar-refractivity contribution >= 4 is 33.0 Å². The van der Waals surface area contributed by atoms with Crippen molar-refractivity contribution in [2.75, 3.05) is 33.2 Å². The molecule has 1 aromatic heterocycles. The normalized spacial score (nSPS) is 18.1. The van der Waals surface area contributed by atoms with Gasteiger partial charge in [-0.25, -0.2) is 8.42 Å². The molecule has 7 heteroatoms. The van der Waals surface area contributed by atoms with Gasteiger partial charge in [0.25, 0.3) is 10.0 Å². The lowest BCUT2D eigenvalue weighted by atomic mass is 10.1. The molecule has 0 aliphatic carbocycles. The van der Waals surface area contributed by atoms with Crippen molar-refractivity contribution in [1.29, 1.82) is 0 Å². The van der Waals surface area contributed by atoms with Gasteiger partial charge >= 0.3 is 0 Å². The summed E-state index contributed by atoms with van der Waals surface area (Å²) < 4.78 is 26.8. The van der Waals surface area contributed by atoms with E-state index in [2.05, 4.69) is 4.90 Å². The summed E-state index contributed by atoms with van der Waals surface area (Å²) in [5, 5.41) is 0. The number of piperidine rings is 1. The van der Waals surface area contributed by atoms with Crippen molar-refractivity contribution in [3.05, 3.63) is 16.5 Å². The van der Waals surface area contributed by atoms with Gasteiger partial charge in [0.2, 0.25) is 0 Å². The molecule has 4 nitrogen and oxygen atoms in total. The molecule has 0 bridgehead atoms. The standard InChI is InChI=1S/C12H19ClN2O2S2/c1-14(9-10-15-7-3-2-4-8-15)19(16,17)12-6-5-11(13)18-12/h5-6H,2-4,7-10H2,1H3. The third kappa shape index (κ3) is 3.92. The van der Waals surface area contributed by atoms with E-state index in [4.69, 9.17) is 11.6 Å². The monoisotopic (exact) mass is 322 g/mol. The zero-order valence-corrected chi connectivity index (χ0v) is 13.4. The number of halogens is 1. The molecule has 0 radical (unpaired) electrons. The zero-order chi connectivity index (χ0) is 13.9. The second kappa shape index (κ2) is 6.54. The Hall–Kier alpha value is -0.140. The summed E-state index contributed by atoms with van der Waals surface area (Å²) in [6.07, 6.45) is 3.73. The first-order valence-corrected chi connectivity index (χ1v) is 9.07. The summed E-state index contributed by atoms with van der Waals surface area (Å²) in [5.41, 5.74) is 0. The molecule has 0 aromatic carbocycles. The Morgan fingerprint density at radius 2 is 2.00 bits per heavy atom. The number of rotatable bonds is 5. The van der Waals surface area contributed by atoms with Crippen molar-refractivity contribution in [3.63, 3.8) is 0 Å². The molecule has 19 heavy (non-hydrogen) atoms. The lowest BCUT2D eigenvalue weighted by Crippen LogP contribution is -2.38. The molecule has 0 atom stereocenters. The molecule has 2 rings (SSSR count). The van der Waals surface area contributed by atoms with Gasteiger partial charge in [-0.15, -0.1) is 11.3 Å². The minimum Gasteiger partial charge on any atom is -0.302 e. The van der Waals surface area contributed by atoms with Crippen molar-refractivity contribution < 1.29 is 8.42 Å². The minimum absolute atomic E-state index is 0.318. The zero-order valence-electron chi connectivity index (χ0n) is 11.0. The maximum atomic E-state index is 12.3. The minimum atomic E-state index is -3.38. The van der Waals surface area contributed by atoms with Gasteiger partial charge in [0.15, 0.2) is 0 Å². The molecule has 0 spiro atoms. The van der Waals surface area contributed by atoms with Crippen LogP contribution in [0.2, 0.25) is 4.34 Å². The van der Waals surface area contributed by atoms with Gasteiger partial charge < -0.3 is 4.90 Å². The molecule has 0 unspecified atom stereocenters. The third-order valence-electron chi connectivity index (χ3n) is 3.39. The van der Waals surface area contributed by atoms with Crippen LogP contribution in [0.1, 0.15) is 19.3 Å². The summed E-state index contributed by atoms with van der Waals surface area (Å²) in [4.78, 5) is 2.33. The summed E-state index contributed by atoms with van der Waals surface area (Å²) >= 11 is 6.90. The molecule has 2 heterocycles. The van der Waals surface area contributed by atoms with Crippen LogP contribution in [0.5, 0.6) is 0 Å². The van der Waals surface area contributed by atoms with Crippen LogP contribution in [0.15, 0.2) is 16.3 Å². The lowest BCUT2D eigenvalue weighted by molar-refractivity contribution is 0.218. The number of likely N-dealkylation sites (N-methyl/N-ethyl adjacent to an activating group) is 1. The summed E-state index contributed by atoms with van der Waals surface area (Å²) in [6, 6.07) is 3.19. The number of nitrogens with zero attached hydrogens (tertiary/aromatic N) is 2. The Labute approximate surface area is 124 Å². The molecule has 0 amide bonds. The van der Waals surface area contributed by atoms with Crippen molar-refractivity contribution in [2.45, 2.75) is 23.5 Å². The van der Waals surface area contributed by atoms with Crippen LogP contribution in [0.3, 0.4) is 0 Å². The number of thiophene rings is 1. The Morgan fingerprint density at radius 1 is 1.32 bits per heavy atom. The SMILES string of the molecule is CN(CCN1CCCCC1)S(=O)(=O)c1ccc(Cl)s1. The van der Waals surface area contributed by atoms with Gasteiger partial charge in [-0.1, -0.05) is 18.0 Å². The number of likely N-dealkylation sites (tertiary alicyclic amines) is 1. The highest BCUT2D eigenvalue weighted by molar-refractivity contribution is 7.91. The van der Waals surface area contributed by atoms with E-state index in [0.29, 0.717) is 15.1 Å². The van der Waals surface area contributed by atoms with E-state index in [0.717, 1.165) is 31.0 Å². The predicted molar refractivity (Wildman–Crippen MR) is 79.4 cm³/mol. The Bertz CT molecular complexity index is 510. The molecule has 1 aliphatic heterocycles. The van der Waals surface area contributed by atoms with Crippen LogP contribution in [0, 0.1) is 0 Å². The molecule has 0 saturated carbocycles. The lowest BCUT2D eigenvalue weighted by Gasteiger charge is -2.28. The molecule has 1 aromatic rings. The first kappa shape index (κ1) is 15.3. The van der Waals surface area contributed by atoms with E-state index < -0.39 is 10.0 Å². The van der Waals surface area contributed by atoms with E-state index in [1.54, 1.807) is 19.2 Å². The summed E-state index contributed by atoms with van der Waals surface area (Å²) in [5.74, 6) is 0. The van der Waals surface area contributed by atoms with Crippen molar-refractivity contribution in [3.8, 4) is 0 Å².